The topological polar surface area (TPSA) is 39.1 Å². The van der Waals surface area contributed by atoms with Crippen LogP contribution in [-0.4, -0.2) is 29.0 Å². The molecular formula is C17H31N3O. The number of nitrogens with zero attached hydrogens (tertiary/aromatic N) is 2. The molecule has 21 heavy (non-hydrogen) atoms. The Hall–Kier alpha value is -0.870. The van der Waals surface area contributed by atoms with Crippen LogP contribution in [0.2, 0.25) is 0 Å². The van der Waals surface area contributed by atoms with Crippen molar-refractivity contribution in [3.8, 4) is 0 Å². The lowest BCUT2D eigenvalue weighted by Crippen LogP contribution is -2.25. The minimum Gasteiger partial charge on any atom is -0.378 e. The highest BCUT2D eigenvalue weighted by Crippen LogP contribution is 2.23. The van der Waals surface area contributed by atoms with Gasteiger partial charge in [-0.3, -0.25) is 4.68 Å². The monoisotopic (exact) mass is 293 g/mol. The third-order valence-electron chi connectivity index (χ3n) is 4.20. The molecule has 0 bridgehead atoms. The van der Waals surface area contributed by atoms with Crippen molar-refractivity contribution in [2.75, 3.05) is 13.2 Å². The Morgan fingerprint density at radius 3 is 3.00 bits per heavy atom. The number of nitrogens with one attached hydrogen (secondary N) is 1. The van der Waals surface area contributed by atoms with E-state index < -0.39 is 0 Å². The van der Waals surface area contributed by atoms with Gasteiger partial charge in [0.25, 0.3) is 0 Å². The maximum Gasteiger partial charge on any atom is 0.0575 e. The summed E-state index contributed by atoms with van der Waals surface area (Å²) < 4.78 is 7.93. The van der Waals surface area contributed by atoms with E-state index in [2.05, 4.69) is 35.1 Å². The van der Waals surface area contributed by atoms with E-state index in [0.717, 1.165) is 39.0 Å². The van der Waals surface area contributed by atoms with Crippen molar-refractivity contribution in [3.05, 3.63) is 18.0 Å². The van der Waals surface area contributed by atoms with Crippen molar-refractivity contribution >= 4 is 0 Å². The van der Waals surface area contributed by atoms with Crippen molar-refractivity contribution in [3.63, 3.8) is 0 Å². The highest BCUT2D eigenvalue weighted by molar-refractivity contribution is 5.10. The van der Waals surface area contributed by atoms with Gasteiger partial charge in [0.05, 0.1) is 12.3 Å². The molecule has 1 aromatic rings. The first kappa shape index (κ1) is 16.5. The minimum atomic E-state index is 0.418. The molecule has 1 aromatic heterocycles. The Kier molecular flexibility index (Phi) is 7.24. The van der Waals surface area contributed by atoms with Gasteiger partial charge in [-0.25, -0.2) is 0 Å². The highest BCUT2D eigenvalue weighted by atomic mass is 16.5. The van der Waals surface area contributed by atoms with Gasteiger partial charge >= 0.3 is 0 Å². The molecule has 4 nitrogen and oxygen atoms in total. The Morgan fingerprint density at radius 2 is 2.29 bits per heavy atom. The number of hydrogen-bond acceptors (Lipinski definition) is 3. The quantitative estimate of drug-likeness (QED) is 0.755. The van der Waals surface area contributed by atoms with E-state index in [0.29, 0.717) is 12.1 Å². The van der Waals surface area contributed by atoms with Crippen molar-refractivity contribution in [1.29, 1.82) is 0 Å². The molecule has 1 fully saturated rings. The van der Waals surface area contributed by atoms with Crippen LogP contribution in [0.15, 0.2) is 12.4 Å². The number of rotatable bonds is 9. The molecule has 0 aromatic carbocycles. The van der Waals surface area contributed by atoms with E-state index in [1.165, 1.54) is 31.2 Å². The number of aryl methyl sites for hydroxylation is 1. The fourth-order valence-electron chi connectivity index (χ4n) is 3.00. The van der Waals surface area contributed by atoms with Crippen LogP contribution in [0.4, 0.5) is 0 Å². The van der Waals surface area contributed by atoms with Crippen LogP contribution in [-0.2, 0) is 11.3 Å². The zero-order valence-electron chi connectivity index (χ0n) is 13.7. The normalized spacial score (nSPS) is 20.6. The van der Waals surface area contributed by atoms with Gasteiger partial charge in [-0.15, -0.1) is 0 Å². The maximum atomic E-state index is 5.86. The van der Waals surface area contributed by atoms with Crippen molar-refractivity contribution < 1.29 is 4.74 Å². The molecule has 4 heteroatoms. The van der Waals surface area contributed by atoms with Gasteiger partial charge in [0.1, 0.15) is 0 Å². The van der Waals surface area contributed by atoms with Crippen LogP contribution >= 0.6 is 0 Å². The predicted octanol–water partition coefficient (Wildman–Crippen LogP) is 3.68. The maximum absolute atomic E-state index is 5.86. The van der Waals surface area contributed by atoms with Gasteiger partial charge in [0.15, 0.2) is 0 Å². The van der Waals surface area contributed by atoms with E-state index in [9.17, 15) is 0 Å². The lowest BCUT2D eigenvalue weighted by molar-refractivity contribution is 0.00854. The summed E-state index contributed by atoms with van der Waals surface area (Å²) in [4.78, 5) is 0. The summed E-state index contributed by atoms with van der Waals surface area (Å²) >= 11 is 0. The van der Waals surface area contributed by atoms with E-state index in [-0.39, 0.29) is 0 Å². The van der Waals surface area contributed by atoms with Gasteiger partial charge in [-0.2, -0.15) is 5.10 Å². The highest BCUT2D eigenvalue weighted by Gasteiger charge is 2.18. The smallest absolute Gasteiger partial charge is 0.0575 e. The minimum absolute atomic E-state index is 0.418. The molecule has 2 rings (SSSR count). The molecule has 1 N–H and O–H groups in total. The Labute approximate surface area is 129 Å². The second-order valence-electron chi connectivity index (χ2n) is 6.11. The molecule has 120 valence electrons. The first-order chi connectivity index (χ1) is 10.3. The third-order valence-corrected chi connectivity index (χ3v) is 4.20. The van der Waals surface area contributed by atoms with Crippen molar-refractivity contribution in [1.82, 2.24) is 15.1 Å². The average Bonchev–Trinajstić information content (AvgIpc) is 2.97. The molecule has 2 atom stereocenters. The third kappa shape index (κ3) is 5.44. The summed E-state index contributed by atoms with van der Waals surface area (Å²) in [5, 5.41) is 8.15. The predicted molar refractivity (Wildman–Crippen MR) is 86.4 cm³/mol. The molecular weight excluding hydrogens is 262 g/mol. The second kappa shape index (κ2) is 9.21. The van der Waals surface area contributed by atoms with E-state index >= 15 is 0 Å². The summed E-state index contributed by atoms with van der Waals surface area (Å²) in [5.41, 5.74) is 1.33. The summed E-state index contributed by atoms with van der Waals surface area (Å²) in [6.07, 6.45) is 13.1. The van der Waals surface area contributed by atoms with Crippen LogP contribution in [0.5, 0.6) is 0 Å². The van der Waals surface area contributed by atoms with E-state index in [1.807, 2.05) is 6.20 Å². The number of hydrogen-bond donors (Lipinski definition) is 1. The standard InChI is InChI=1S/C17H31N3O/c1-3-10-18-17(9-8-16-7-5-6-12-21-16)15-13-19-20(14-15)11-4-2/h13-14,16-18H,3-12H2,1-2H3. The number of ether oxygens (including phenoxy) is 1. The molecule has 0 radical (unpaired) electrons. The van der Waals surface area contributed by atoms with E-state index in [1.54, 1.807) is 0 Å². The Morgan fingerprint density at radius 1 is 1.38 bits per heavy atom. The molecule has 2 heterocycles. The molecule has 0 amide bonds. The van der Waals surface area contributed by atoms with Crippen LogP contribution in [0, 0.1) is 0 Å². The van der Waals surface area contributed by atoms with Gasteiger partial charge in [-0.1, -0.05) is 13.8 Å². The molecule has 2 unspecified atom stereocenters. The number of aromatic nitrogens is 2. The van der Waals surface area contributed by atoms with Gasteiger partial charge in [-0.05, 0) is 51.5 Å². The first-order valence-corrected chi connectivity index (χ1v) is 8.70. The largest absolute Gasteiger partial charge is 0.378 e. The average molecular weight is 293 g/mol. The summed E-state index contributed by atoms with van der Waals surface area (Å²) in [5.74, 6) is 0. The van der Waals surface area contributed by atoms with Gasteiger partial charge < -0.3 is 10.1 Å². The fourth-order valence-corrected chi connectivity index (χ4v) is 3.00. The second-order valence-corrected chi connectivity index (χ2v) is 6.11. The zero-order chi connectivity index (χ0) is 14.9. The van der Waals surface area contributed by atoms with Gasteiger partial charge in [0.2, 0.25) is 0 Å². The van der Waals surface area contributed by atoms with E-state index in [4.69, 9.17) is 4.74 Å². The molecule has 0 aliphatic carbocycles. The molecule has 1 aliphatic rings. The summed E-state index contributed by atoms with van der Waals surface area (Å²) in [6, 6.07) is 0.418. The molecule has 1 saturated heterocycles. The molecule has 0 spiro atoms. The lowest BCUT2D eigenvalue weighted by Gasteiger charge is -2.25. The zero-order valence-corrected chi connectivity index (χ0v) is 13.7. The lowest BCUT2D eigenvalue weighted by atomic mass is 9.99. The van der Waals surface area contributed by atoms with Crippen LogP contribution in [0.1, 0.15) is 70.4 Å². The van der Waals surface area contributed by atoms with Crippen molar-refractivity contribution in [2.24, 2.45) is 0 Å². The SMILES string of the molecule is CCCNC(CCC1CCCCO1)c1cnn(CCC)c1. The first-order valence-electron chi connectivity index (χ1n) is 8.70. The van der Waals surface area contributed by atoms with Crippen LogP contribution < -0.4 is 5.32 Å². The Balaban J connectivity index is 1.88. The summed E-state index contributed by atoms with van der Waals surface area (Å²) in [6.45, 7) is 7.43. The fraction of sp³-hybridized carbons (Fsp3) is 0.824. The molecule has 0 saturated carbocycles. The van der Waals surface area contributed by atoms with Gasteiger partial charge in [0, 0.05) is 31.0 Å². The van der Waals surface area contributed by atoms with Crippen LogP contribution in [0.25, 0.3) is 0 Å². The Bertz CT molecular complexity index is 385. The van der Waals surface area contributed by atoms with Crippen molar-refractivity contribution in [2.45, 2.75) is 77.5 Å². The van der Waals surface area contributed by atoms with Crippen LogP contribution in [0.3, 0.4) is 0 Å². The summed E-state index contributed by atoms with van der Waals surface area (Å²) in [7, 11) is 0. The molecule has 1 aliphatic heterocycles.